The van der Waals surface area contributed by atoms with Crippen LogP contribution in [-0.4, -0.2) is 36.9 Å². The monoisotopic (exact) mass is 236 g/mol. The number of amides is 2. The summed E-state index contributed by atoms with van der Waals surface area (Å²) in [6.45, 7) is 1.62. The minimum atomic E-state index is -0.321. The van der Waals surface area contributed by atoms with Crippen molar-refractivity contribution in [3.63, 3.8) is 0 Å². The van der Waals surface area contributed by atoms with Crippen molar-refractivity contribution in [2.45, 2.75) is 6.42 Å². The lowest BCUT2D eigenvalue weighted by Crippen LogP contribution is -2.32. The standard InChI is InChI=1S/C12H13FN2O2/c13-10-2-4-11(5-3-10)15-8-7-14(12(15)17)6-1-9-16/h2-5,9H,1,6-8H2. The van der Waals surface area contributed by atoms with Crippen LogP contribution in [0.4, 0.5) is 14.9 Å². The first-order chi connectivity index (χ1) is 8.22. The molecule has 1 heterocycles. The maximum absolute atomic E-state index is 12.8. The summed E-state index contributed by atoms with van der Waals surface area (Å²) in [5.74, 6) is -0.321. The van der Waals surface area contributed by atoms with Crippen molar-refractivity contribution in [2.24, 2.45) is 0 Å². The number of hydrogen-bond donors (Lipinski definition) is 0. The molecule has 0 atom stereocenters. The highest BCUT2D eigenvalue weighted by molar-refractivity contribution is 5.94. The molecule has 1 saturated heterocycles. The van der Waals surface area contributed by atoms with Crippen molar-refractivity contribution >= 4 is 18.0 Å². The molecule has 5 heteroatoms. The van der Waals surface area contributed by atoms with Gasteiger partial charge in [0.1, 0.15) is 12.1 Å². The fourth-order valence-electron chi connectivity index (χ4n) is 1.86. The van der Waals surface area contributed by atoms with Crippen LogP contribution in [0.15, 0.2) is 24.3 Å². The van der Waals surface area contributed by atoms with Gasteiger partial charge in [-0.3, -0.25) is 4.90 Å². The number of rotatable bonds is 4. The molecule has 1 fully saturated rings. The average molecular weight is 236 g/mol. The summed E-state index contributed by atoms with van der Waals surface area (Å²) >= 11 is 0. The van der Waals surface area contributed by atoms with Gasteiger partial charge in [-0.15, -0.1) is 0 Å². The van der Waals surface area contributed by atoms with Gasteiger partial charge in [0.05, 0.1) is 0 Å². The summed E-state index contributed by atoms with van der Waals surface area (Å²) in [5.41, 5.74) is 0.685. The Balaban J connectivity index is 2.06. The van der Waals surface area contributed by atoms with E-state index in [1.165, 1.54) is 12.1 Å². The molecule has 2 rings (SSSR count). The third kappa shape index (κ3) is 2.43. The van der Waals surface area contributed by atoms with E-state index in [2.05, 4.69) is 0 Å². The van der Waals surface area contributed by atoms with Crippen molar-refractivity contribution in [3.8, 4) is 0 Å². The molecule has 17 heavy (non-hydrogen) atoms. The van der Waals surface area contributed by atoms with E-state index in [9.17, 15) is 14.0 Å². The zero-order chi connectivity index (χ0) is 12.3. The molecule has 0 bridgehead atoms. The van der Waals surface area contributed by atoms with Crippen LogP contribution in [0.5, 0.6) is 0 Å². The van der Waals surface area contributed by atoms with Gasteiger partial charge in [0, 0.05) is 31.7 Å². The molecule has 90 valence electrons. The molecule has 2 amide bonds. The molecule has 1 aromatic rings. The van der Waals surface area contributed by atoms with E-state index in [-0.39, 0.29) is 11.8 Å². The van der Waals surface area contributed by atoms with Crippen molar-refractivity contribution in [2.75, 3.05) is 24.5 Å². The molecule has 1 aliphatic heterocycles. The number of halogens is 1. The van der Waals surface area contributed by atoms with Gasteiger partial charge in [0.25, 0.3) is 0 Å². The van der Waals surface area contributed by atoms with Gasteiger partial charge in [-0.1, -0.05) is 0 Å². The number of carbonyl (C=O) groups excluding carboxylic acids is 2. The second-order valence-corrected chi connectivity index (χ2v) is 3.85. The second kappa shape index (κ2) is 4.95. The van der Waals surface area contributed by atoms with E-state index >= 15 is 0 Å². The topological polar surface area (TPSA) is 40.6 Å². The van der Waals surface area contributed by atoms with Crippen molar-refractivity contribution in [1.29, 1.82) is 0 Å². The zero-order valence-electron chi connectivity index (χ0n) is 9.30. The largest absolute Gasteiger partial charge is 0.324 e. The Morgan fingerprint density at radius 3 is 2.59 bits per heavy atom. The first kappa shape index (κ1) is 11.6. The summed E-state index contributed by atoms with van der Waals surface area (Å²) < 4.78 is 12.8. The van der Waals surface area contributed by atoms with E-state index in [1.54, 1.807) is 21.9 Å². The summed E-state index contributed by atoms with van der Waals surface area (Å²) in [6.07, 6.45) is 1.15. The molecule has 0 aliphatic carbocycles. The molecule has 1 aliphatic rings. The molecular formula is C12H13FN2O2. The number of hydrogen-bond acceptors (Lipinski definition) is 2. The molecular weight excluding hydrogens is 223 g/mol. The van der Waals surface area contributed by atoms with Crippen molar-refractivity contribution < 1.29 is 14.0 Å². The van der Waals surface area contributed by atoms with Gasteiger partial charge in [0.15, 0.2) is 0 Å². The smallest absolute Gasteiger partial charge is 0.322 e. The highest BCUT2D eigenvalue weighted by Gasteiger charge is 2.28. The van der Waals surface area contributed by atoms with E-state index in [1.807, 2.05) is 0 Å². The van der Waals surface area contributed by atoms with Crippen molar-refractivity contribution in [1.82, 2.24) is 4.90 Å². The molecule has 0 N–H and O–H groups in total. The summed E-state index contributed by atoms with van der Waals surface area (Å²) in [4.78, 5) is 25.4. The predicted octanol–water partition coefficient (Wildman–Crippen LogP) is 1.66. The fraction of sp³-hybridized carbons (Fsp3) is 0.333. The maximum atomic E-state index is 12.8. The molecule has 0 radical (unpaired) electrons. The van der Waals surface area contributed by atoms with Crippen LogP contribution >= 0.6 is 0 Å². The Kier molecular flexibility index (Phi) is 3.37. The van der Waals surface area contributed by atoms with Crippen LogP contribution in [0.25, 0.3) is 0 Å². The van der Waals surface area contributed by atoms with Crippen LogP contribution in [0.2, 0.25) is 0 Å². The number of anilines is 1. The molecule has 4 nitrogen and oxygen atoms in total. The quantitative estimate of drug-likeness (QED) is 0.746. The lowest BCUT2D eigenvalue weighted by Gasteiger charge is -2.17. The lowest BCUT2D eigenvalue weighted by molar-refractivity contribution is -0.108. The third-order valence-electron chi connectivity index (χ3n) is 2.75. The number of benzene rings is 1. The molecule has 0 aromatic heterocycles. The van der Waals surface area contributed by atoms with E-state index in [0.717, 1.165) is 6.29 Å². The zero-order valence-corrected chi connectivity index (χ0v) is 9.30. The van der Waals surface area contributed by atoms with E-state index in [4.69, 9.17) is 0 Å². The fourth-order valence-corrected chi connectivity index (χ4v) is 1.86. The Labute approximate surface area is 98.6 Å². The SMILES string of the molecule is O=CCCN1CCN(c2ccc(F)cc2)C1=O. The Morgan fingerprint density at radius 2 is 1.94 bits per heavy atom. The predicted molar refractivity (Wildman–Crippen MR) is 61.4 cm³/mol. The lowest BCUT2D eigenvalue weighted by atomic mass is 10.3. The maximum Gasteiger partial charge on any atom is 0.324 e. The molecule has 0 saturated carbocycles. The number of urea groups is 1. The van der Waals surface area contributed by atoms with Gasteiger partial charge >= 0.3 is 6.03 Å². The molecule has 0 unspecified atom stereocenters. The minimum absolute atomic E-state index is 0.126. The minimum Gasteiger partial charge on any atom is -0.322 e. The van der Waals surface area contributed by atoms with Crippen LogP contribution < -0.4 is 4.90 Å². The Morgan fingerprint density at radius 1 is 1.24 bits per heavy atom. The third-order valence-corrected chi connectivity index (χ3v) is 2.75. The summed E-state index contributed by atoms with van der Waals surface area (Å²) in [6, 6.07) is 5.69. The van der Waals surface area contributed by atoms with Gasteiger partial charge in [-0.25, -0.2) is 9.18 Å². The first-order valence-electron chi connectivity index (χ1n) is 5.48. The van der Waals surface area contributed by atoms with Crippen LogP contribution in [0, 0.1) is 5.82 Å². The molecule has 1 aromatic carbocycles. The van der Waals surface area contributed by atoms with Crippen LogP contribution in [-0.2, 0) is 4.79 Å². The second-order valence-electron chi connectivity index (χ2n) is 3.85. The first-order valence-corrected chi connectivity index (χ1v) is 5.48. The normalized spacial score (nSPS) is 15.5. The van der Waals surface area contributed by atoms with Crippen LogP contribution in [0.3, 0.4) is 0 Å². The highest BCUT2D eigenvalue weighted by Crippen LogP contribution is 2.20. The molecule has 0 spiro atoms. The van der Waals surface area contributed by atoms with Crippen LogP contribution in [0.1, 0.15) is 6.42 Å². The van der Waals surface area contributed by atoms with Crippen molar-refractivity contribution in [3.05, 3.63) is 30.1 Å². The number of nitrogens with zero attached hydrogens (tertiary/aromatic N) is 2. The summed E-state index contributed by atoms with van der Waals surface area (Å²) in [7, 11) is 0. The number of carbonyl (C=O) groups is 2. The number of aldehydes is 1. The van der Waals surface area contributed by atoms with Gasteiger partial charge in [0.2, 0.25) is 0 Å². The van der Waals surface area contributed by atoms with E-state index in [0.29, 0.717) is 31.7 Å². The average Bonchev–Trinajstić information content (AvgIpc) is 2.69. The van der Waals surface area contributed by atoms with Gasteiger partial charge < -0.3 is 9.69 Å². The van der Waals surface area contributed by atoms with E-state index < -0.39 is 0 Å². The summed E-state index contributed by atoms with van der Waals surface area (Å²) in [5, 5.41) is 0. The van der Waals surface area contributed by atoms with Gasteiger partial charge in [-0.05, 0) is 24.3 Å². The highest BCUT2D eigenvalue weighted by atomic mass is 19.1. The Hall–Kier alpha value is -1.91. The Bertz CT molecular complexity index is 419. The van der Waals surface area contributed by atoms with Gasteiger partial charge in [-0.2, -0.15) is 0 Å².